The number of benzene rings is 1. The van der Waals surface area contributed by atoms with Crippen LogP contribution in [0, 0.1) is 0 Å². The Morgan fingerprint density at radius 2 is 1.88 bits per heavy atom. The molecule has 0 saturated carbocycles. The molecule has 0 radical (unpaired) electrons. The van der Waals surface area contributed by atoms with Crippen LogP contribution >= 0.6 is 35.3 Å². The number of hydrogen-bond acceptors (Lipinski definition) is 4. The molecule has 0 bridgehead atoms. The third-order valence-corrected chi connectivity index (χ3v) is 6.50. The summed E-state index contributed by atoms with van der Waals surface area (Å²) in [7, 11) is -3.28. The van der Waals surface area contributed by atoms with Gasteiger partial charge in [0, 0.05) is 23.9 Å². The normalized spacial score (nSPS) is 12.9. The molecule has 1 unspecified atom stereocenters. The molecule has 26 heavy (non-hydrogen) atoms. The Bertz CT molecular complexity index is 763. The first-order valence-corrected chi connectivity index (χ1v) is 10.9. The Labute approximate surface area is 177 Å². The van der Waals surface area contributed by atoms with Gasteiger partial charge in [-0.3, -0.25) is 4.99 Å². The molecule has 0 aliphatic carbocycles. The molecule has 1 aromatic heterocycles. The highest BCUT2D eigenvalue weighted by Crippen LogP contribution is 2.20. The van der Waals surface area contributed by atoms with Crippen molar-refractivity contribution in [1.82, 2.24) is 10.6 Å². The van der Waals surface area contributed by atoms with Gasteiger partial charge >= 0.3 is 0 Å². The minimum absolute atomic E-state index is 0. The van der Waals surface area contributed by atoms with Gasteiger partial charge in [-0.15, -0.1) is 35.3 Å². The van der Waals surface area contributed by atoms with Gasteiger partial charge in [0.05, 0.1) is 17.2 Å². The van der Waals surface area contributed by atoms with Crippen LogP contribution in [0.4, 0.5) is 0 Å². The van der Waals surface area contributed by atoms with Gasteiger partial charge < -0.3 is 10.6 Å². The molecule has 2 N–H and O–H groups in total. The number of thiophene rings is 1. The van der Waals surface area contributed by atoms with Crippen LogP contribution in [0.2, 0.25) is 0 Å². The van der Waals surface area contributed by atoms with E-state index in [2.05, 4.69) is 34.0 Å². The molecule has 0 aliphatic heterocycles. The van der Waals surface area contributed by atoms with Crippen molar-refractivity contribution in [1.29, 1.82) is 0 Å². The fourth-order valence-electron chi connectivity index (χ4n) is 2.28. The van der Waals surface area contributed by atoms with Gasteiger partial charge in [-0.25, -0.2) is 8.42 Å². The smallest absolute Gasteiger partial charge is 0.191 e. The predicted octanol–water partition coefficient (Wildman–Crippen LogP) is 3.50. The summed E-state index contributed by atoms with van der Waals surface area (Å²) in [5, 5.41) is 8.33. The largest absolute Gasteiger partial charge is 0.357 e. The maximum Gasteiger partial charge on any atom is 0.191 e. The average molecular weight is 507 g/mol. The van der Waals surface area contributed by atoms with Crippen molar-refractivity contribution in [3.63, 3.8) is 0 Å². The van der Waals surface area contributed by atoms with Crippen LogP contribution in [0.1, 0.15) is 24.6 Å². The van der Waals surface area contributed by atoms with E-state index in [0.29, 0.717) is 29.9 Å². The molecular weight excluding hydrogens is 481 g/mol. The number of rotatable bonds is 8. The summed E-state index contributed by atoms with van der Waals surface area (Å²) in [6, 6.07) is 12.7. The monoisotopic (exact) mass is 507 g/mol. The molecule has 0 saturated heterocycles. The van der Waals surface area contributed by atoms with E-state index in [1.54, 1.807) is 35.6 Å². The van der Waals surface area contributed by atoms with Crippen molar-refractivity contribution in [2.24, 2.45) is 4.99 Å². The van der Waals surface area contributed by atoms with Crippen LogP contribution in [0.3, 0.4) is 0 Å². The highest BCUT2D eigenvalue weighted by Gasteiger charge is 2.13. The summed E-state index contributed by atoms with van der Waals surface area (Å²) >= 11 is 1.73. The third kappa shape index (κ3) is 7.24. The lowest BCUT2D eigenvalue weighted by Crippen LogP contribution is -2.39. The molecule has 1 heterocycles. The minimum atomic E-state index is -3.28. The lowest BCUT2D eigenvalue weighted by molar-refractivity contribution is 0.594. The Balaban J connectivity index is 0.00000338. The Morgan fingerprint density at radius 3 is 2.50 bits per heavy atom. The second-order valence-electron chi connectivity index (χ2n) is 5.69. The number of guanidine groups is 1. The molecule has 1 atom stereocenters. The van der Waals surface area contributed by atoms with Gasteiger partial charge in [-0.1, -0.05) is 31.2 Å². The van der Waals surface area contributed by atoms with Crippen LogP contribution in [0.5, 0.6) is 0 Å². The number of nitrogens with one attached hydrogen (secondary N) is 2. The molecule has 0 fully saturated rings. The second-order valence-corrected chi connectivity index (χ2v) is 8.78. The van der Waals surface area contributed by atoms with Gasteiger partial charge in [-0.2, -0.15) is 0 Å². The molecule has 5 nitrogen and oxygen atoms in total. The van der Waals surface area contributed by atoms with Crippen molar-refractivity contribution in [2.75, 3.05) is 25.4 Å². The lowest BCUT2D eigenvalue weighted by atomic mass is 10.1. The SMILES string of the molecule is CCNC(=NCC(C)c1cccs1)NCCS(=O)(=O)c1ccccc1.I. The van der Waals surface area contributed by atoms with Crippen LogP contribution in [0.25, 0.3) is 0 Å². The topological polar surface area (TPSA) is 70.6 Å². The quantitative estimate of drug-likeness (QED) is 0.326. The van der Waals surface area contributed by atoms with Gasteiger partial charge in [0.15, 0.2) is 15.8 Å². The molecule has 2 aromatic rings. The maximum atomic E-state index is 12.3. The van der Waals surface area contributed by atoms with Crippen LogP contribution in [-0.2, 0) is 9.84 Å². The van der Waals surface area contributed by atoms with E-state index in [1.807, 2.05) is 19.1 Å². The number of aliphatic imine (C=N–C) groups is 1. The van der Waals surface area contributed by atoms with E-state index in [4.69, 9.17) is 0 Å². The van der Waals surface area contributed by atoms with Crippen molar-refractivity contribution in [3.8, 4) is 0 Å². The Morgan fingerprint density at radius 1 is 1.15 bits per heavy atom. The number of nitrogens with zero attached hydrogens (tertiary/aromatic N) is 1. The first kappa shape index (κ1) is 22.9. The van der Waals surface area contributed by atoms with E-state index >= 15 is 0 Å². The second kappa shape index (κ2) is 11.6. The number of sulfone groups is 1. The van der Waals surface area contributed by atoms with E-state index in [9.17, 15) is 8.42 Å². The van der Waals surface area contributed by atoms with Crippen molar-refractivity contribution < 1.29 is 8.42 Å². The van der Waals surface area contributed by atoms with Crippen molar-refractivity contribution >= 4 is 51.1 Å². The average Bonchev–Trinajstić information content (AvgIpc) is 3.15. The zero-order valence-corrected chi connectivity index (χ0v) is 19.0. The van der Waals surface area contributed by atoms with Gasteiger partial charge in [-0.05, 0) is 30.5 Å². The Hall–Kier alpha value is -1.13. The fourth-order valence-corrected chi connectivity index (χ4v) is 4.24. The summed E-state index contributed by atoms with van der Waals surface area (Å²) in [6.45, 7) is 5.82. The standard InChI is InChI=1S/C18H25N3O2S2.HI/c1-3-19-18(21-14-15(2)17-10-7-12-24-17)20-11-13-25(22,23)16-8-5-4-6-9-16;/h4-10,12,15H,3,11,13-14H2,1-2H3,(H2,19,20,21);1H. The minimum Gasteiger partial charge on any atom is -0.357 e. The summed E-state index contributed by atoms with van der Waals surface area (Å²) in [5.74, 6) is 1.01. The molecule has 8 heteroatoms. The molecule has 0 spiro atoms. The molecule has 0 amide bonds. The van der Waals surface area contributed by atoms with Gasteiger partial charge in [0.1, 0.15) is 0 Å². The number of hydrogen-bond donors (Lipinski definition) is 2. The molecule has 2 rings (SSSR count). The highest BCUT2D eigenvalue weighted by atomic mass is 127. The first-order chi connectivity index (χ1) is 12.0. The van der Waals surface area contributed by atoms with Crippen LogP contribution in [0.15, 0.2) is 57.7 Å². The van der Waals surface area contributed by atoms with E-state index in [-0.39, 0.29) is 29.7 Å². The van der Waals surface area contributed by atoms with E-state index in [0.717, 1.165) is 6.54 Å². The molecule has 0 aliphatic rings. The number of halogens is 1. The third-order valence-electron chi connectivity index (χ3n) is 3.66. The van der Waals surface area contributed by atoms with Crippen LogP contribution in [-0.4, -0.2) is 39.8 Å². The maximum absolute atomic E-state index is 12.3. The summed E-state index contributed by atoms with van der Waals surface area (Å²) in [6.07, 6.45) is 0. The summed E-state index contributed by atoms with van der Waals surface area (Å²) in [4.78, 5) is 6.22. The zero-order chi connectivity index (χ0) is 18.1. The Kier molecular flexibility index (Phi) is 10.2. The summed E-state index contributed by atoms with van der Waals surface area (Å²) in [5.41, 5.74) is 0. The van der Waals surface area contributed by atoms with Gasteiger partial charge in [0.2, 0.25) is 0 Å². The molecular formula is C18H26IN3O2S2. The molecule has 144 valence electrons. The lowest BCUT2D eigenvalue weighted by Gasteiger charge is -2.13. The van der Waals surface area contributed by atoms with E-state index in [1.165, 1.54) is 4.88 Å². The first-order valence-electron chi connectivity index (χ1n) is 8.36. The van der Waals surface area contributed by atoms with Crippen molar-refractivity contribution in [3.05, 3.63) is 52.7 Å². The predicted molar refractivity (Wildman–Crippen MR) is 121 cm³/mol. The fraction of sp³-hybridized carbons (Fsp3) is 0.389. The van der Waals surface area contributed by atoms with E-state index < -0.39 is 9.84 Å². The van der Waals surface area contributed by atoms with Crippen molar-refractivity contribution in [2.45, 2.75) is 24.7 Å². The van der Waals surface area contributed by atoms with Crippen LogP contribution < -0.4 is 10.6 Å². The zero-order valence-electron chi connectivity index (χ0n) is 15.0. The summed E-state index contributed by atoms with van der Waals surface area (Å²) < 4.78 is 24.6. The molecule has 1 aromatic carbocycles. The highest BCUT2D eigenvalue weighted by molar-refractivity contribution is 14.0. The van der Waals surface area contributed by atoms with Gasteiger partial charge in [0.25, 0.3) is 0 Å².